The van der Waals surface area contributed by atoms with Gasteiger partial charge >= 0.3 is 5.97 Å². The number of furan rings is 1. The largest absolute Gasteiger partial charge is 0.495 e. The SMILES string of the molecule is COc1ccc(C)cc1NC(=O)CNC(=O)COC(=O)Cc1coc2c(C)c(C)ccc12. The van der Waals surface area contributed by atoms with Crippen molar-refractivity contribution in [3.63, 3.8) is 0 Å². The number of carbonyl (C=O) groups excluding carboxylic acids is 3. The third-order valence-electron chi connectivity index (χ3n) is 5.12. The molecule has 0 aliphatic rings. The van der Waals surface area contributed by atoms with Crippen molar-refractivity contribution in [3.05, 3.63) is 58.8 Å². The predicted molar refractivity (Wildman–Crippen MR) is 120 cm³/mol. The second-order valence-electron chi connectivity index (χ2n) is 7.51. The Morgan fingerprint density at radius 1 is 1.03 bits per heavy atom. The average molecular weight is 438 g/mol. The molecule has 1 heterocycles. The Balaban J connectivity index is 1.46. The first-order valence-electron chi connectivity index (χ1n) is 10.1. The minimum absolute atomic E-state index is 0.0174. The number of fused-ring (bicyclic) bond motifs is 1. The van der Waals surface area contributed by atoms with Gasteiger partial charge in [-0.25, -0.2) is 0 Å². The summed E-state index contributed by atoms with van der Waals surface area (Å²) in [6.45, 7) is 5.09. The maximum atomic E-state index is 12.2. The van der Waals surface area contributed by atoms with Crippen molar-refractivity contribution in [3.8, 4) is 5.75 Å². The van der Waals surface area contributed by atoms with Gasteiger partial charge in [0.2, 0.25) is 5.91 Å². The molecule has 2 N–H and O–H groups in total. The summed E-state index contributed by atoms with van der Waals surface area (Å²) in [5, 5.41) is 5.95. The first kappa shape index (κ1) is 22.9. The Labute approximate surface area is 185 Å². The molecule has 8 heteroatoms. The lowest BCUT2D eigenvalue weighted by molar-refractivity contribution is -0.147. The number of hydrogen-bond donors (Lipinski definition) is 2. The molecular formula is C24H26N2O6. The van der Waals surface area contributed by atoms with Gasteiger partial charge in [0, 0.05) is 10.9 Å². The van der Waals surface area contributed by atoms with Crippen LogP contribution in [0.25, 0.3) is 11.0 Å². The normalized spacial score (nSPS) is 10.6. The topological polar surface area (TPSA) is 107 Å². The van der Waals surface area contributed by atoms with Crippen molar-refractivity contribution in [1.82, 2.24) is 5.32 Å². The number of ether oxygens (including phenoxy) is 2. The number of rotatable bonds is 8. The molecule has 0 saturated heterocycles. The van der Waals surface area contributed by atoms with Gasteiger partial charge in [0.05, 0.1) is 32.0 Å². The summed E-state index contributed by atoms with van der Waals surface area (Å²) in [5.41, 5.74) is 5.01. The number of anilines is 1. The van der Waals surface area contributed by atoms with Gasteiger partial charge in [-0.3, -0.25) is 14.4 Å². The predicted octanol–water partition coefficient (Wildman–Crippen LogP) is 3.21. The summed E-state index contributed by atoms with van der Waals surface area (Å²) in [5.74, 6) is -1.05. The number of amides is 2. The van der Waals surface area contributed by atoms with Crippen LogP contribution in [-0.2, 0) is 25.5 Å². The van der Waals surface area contributed by atoms with E-state index in [0.717, 1.165) is 27.7 Å². The number of hydrogen-bond acceptors (Lipinski definition) is 6. The molecule has 2 amide bonds. The van der Waals surface area contributed by atoms with Crippen molar-refractivity contribution in [2.24, 2.45) is 0 Å². The number of methoxy groups -OCH3 is 1. The molecule has 3 rings (SSSR count). The molecule has 0 atom stereocenters. The highest BCUT2D eigenvalue weighted by atomic mass is 16.5. The highest BCUT2D eigenvalue weighted by Gasteiger charge is 2.15. The third kappa shape index (κ3) is 5.46. The fourth-order valence-corrected chi connectivity index (χ4v) is 3.22. The van der Waals surface area contributed by atoms with Crippen LogP contribution in [0.15, 0.2) is 41.0 Å². The molecule has 0 fully saturated rings. The molecule has 0 radical (unpaired) electrons. The van der Waals surface area contributed by atoms with E-state index in [0.29, 0.717) is 17.0 Å². The lowest BCUT2D eigenvalue weighted by Crippen LogP contribution is -2.35. The Kier molecular flexibility index (Phi) is 7.14. The molecule has 0 saturated carbocycles. The molecule has 0 unspecified atom stereocenters. The summed E-state index contributed by atoms with van der Waals surface area (Å²) < 4.78 is 15.8. The average Bonchev–Trinajstić information content (AvgIpc) is 3.16. The Morgan fingerprint density at radius 2 is 1.81 bits per heavy atom. The van der Waals surface area contributed by atoms with E-state index in [9.17, 15) is 14.4 Å². The molecule has 3 aromatic rings. The smallest absolute Gasteiger partial charge is 0.310 e. The summed E-state index contributed by atoms with van der Waals surface area (Å²) in [4.78, 5) is 36.2. The third-order valence-corrected chi connectivity index (χ3v) is 5.12. The summed E-state index contributed by atoms with van der Waals surface area (Å²) >= 11 is 0. The van der Waals surface area contributed by atoms with E-state index in [-0.39, 0.29) is 13.0 Å². The van der Waals surface area contributed by atoms with Crippen LogP contribution in [0, 0.1) is 20.8 Å². The molecule has 32 heavy (non-hydrogen) atoms. The number of nitrogens with one attached hydrogen (secondary N) is 2. The zero-order chi connectivity index (χ0) is 23.3. The number of carbonyl (C=O) groups is 3. The second-order valence-corrected chi connectivity index (χ2v) is 7.51. The molecule has 0 aliphatic heterocycles. The maximum Gasteiger partial charge on any atom is 0.310 e. The minimum Gasteiger partial charge on any atom is -0.495 e. The number of aryl methyl sites for hydroxylation is 3. The highest BCUT2D eigenvalue weighted by Crippen LogP contribution is 2.27. The first-order valence-corrected chi connectivity index (χ1v) is 10.1. The standard InChI is InChI=1S/C24H26N2O6/c1-14-5-8-20(30-4)19(9-14)26-21(27)11-25-22(28)13-31-23(29)10-17-12-32-24-16(3)15(2)6-7-18(17)24/h5-9,12H,10-11,13H2,1-4H3,(H,25,28)(H,26,27). The molecule has 168 valence electrons. The van der Waals surface area contributed by atoms with Gasteiger partial charge < -0.3 is 24.5 Å². The van der Waals surface area contributed by atoms with Crippen LogP contribution in [0.4, 0.5) is 5.69 Å². The van der Waals surface area contributed by atoms with Gasteiger partial charge in [0.15, 0.2) is 6.61 Å². The van der Waals surface area contributed by atoms with Crippen LogP contribution in [0.5, 0.6) is 5.75 Å². The molecular weight excluding hydrogens is 412 g/mol. The van der Waals surface area contributed by atoms with E-state index in [4.69, 9.17) is 13.9 Å². The second kappa shape index (κ2) is 10.00. The summed E-state index contributed by atoms with van der Waals surface area (Å²) in [6, 6.07) is 9.24. The Morgan fingerprint density at radius 3 is 2.56 bits per heavy atom. The molecule has 0 spiro atoms. The fourth-order valence-electron chi connectivity index (χ4n) is 3.22. The minimum atomic E-state index is -0.576. The highest BCUT2D eigenvalue weighted by molar-refractivity contribution is 5.96. The van der Waals surface area contributed by atoms with Crippen molar-refractivity contribution >= 4 is 34.4 Å². The van der Waals surface area contributed by atoms with Gasteiger partial charge in [-0.15, -0.1) is 0 Å². The molecule has 2 aromatic carbocycles. The summed E-state index contributed by atoms with van der Waals surface area (Å²) in [6.07, 6.45) is 1.51. The lowest BCUT2D eigenvalue weighted by atomic mass is 10.0. The van der Waals surface area contributed by atoms with Gasteiger partial charge in [0.25, 0.3) is 5.91 Å². The molecule has 0 bridgehead atoms. The molecule has 8 nitrogen and oxygen atoms in total. The van der Waals surface area contributed by atoms with E-state index in [1.165, 1.54) is 13.4 Å². The van der Waals surface area contributed by atoms with Crippen molar-refractivity contribution in [2.75, 3.05) is 25.6 Å². The Hall–Kier alpha value is -3.81. The molecule has 1 aromatic heterocycles. The zero-order valence-corrected chi connectivity index (χ0v) is 18.5. The van der Waals surface area contributed by atoms with Crippen molar-refractivity contribution in [1.29, 1.82) is 0 Å². The lowest BCUT2D eigenvalue weighted by Gasteiger charge is -2.11. The van der Waals surface area contributed by atoms with E-state index in [1.807, 2.05) is 39.0 Å². The van der Waals surface area contributed by atoms with Gasteiger partial charge in [-0.2, -0.15) is 0 Å². The quantitative estimate of drug-likeness (QED) is 0.523. The van der Waals surface area contributed by atoms with E-state index in [1.54, 1.807) is 12.1 Å². The van der Waals surface area contributed by atoms with Crippen LogP contribution in [0.2, 0.25) is 0 Å². The van der Waals surface area contributed by atoms with Crippen LogP contribution >= 0.6 is 0 Å². The Bertz CT molecular complexity index is 1160. The van der Waals surface area contributed by atoms with E-state index >= 15 is 0 Å². The monoisotopic (exact) mass is 438 g/mol. The number of benzene rings is 2. The zero-order valence-electron chi connectivity index (χ0n) is 18.5. The fraction of sp³-hybridized carbons (Fsp3) is 0.292. The van der Waals surface area contributed by atoms with Crippen molar-refractivity contribution < 1.29 is 28.3 Å². The van der Waals surface area contributed by atoms with Crippen LogP contribution in [-0.4, -0.2) is 38.0 Å². The van der Waals surface area contributed by atoms with Gasteiger partial charge in [-0.05, 0) is 49.6 Å². The number of esters is 1. The van der Waals surface area contributed by atoms with E-state index in [2.05, 4.69) is 10.6 Å². The van der Waals surface area contributed by atoms with Gasteiger partial charge in [0.1, 0.15) is 11.3 Å². The van der Waals surface area contributed by atoms with E-state index < -0.39 is 24.4 Å². The first-order chi connectivity index (χ1) is 15.3. The summed E-state index contributed by atoms with van der Waals surface area (Å²) in [7, 11) is 1.50. The van der Waals surface area contributed by atoms with Crippen molar-refractivity contribution in [2.45, 2.75) is 27.2 Å². The van der Waals surface area contributed by atoms with Gasteiger partial charge in [-0.1, -0.05) is 18.2 Å². The van der Waals surface area contributed by atoms with Crippen LogP contribution in [0.3, 0.4) is 0 Å². The maximum absolute atomic E-state index is 12.2. The van der Waals surface area contributed by atoms with Crippen LogP contribution < -0.4 is 15.4 Å². The van der Waals surface area contributed by atoms with Crippen LogP contribution in [0.1, 0.15) is 22.3 Å². The molecule has 0 aliphatic carbocycles.